The molecule has 2 saturated heterocycles. The number of fused-ring (bicyclic) bond motifs is 2. The van der Waals surface area contributed by atoms with Crippen LogP contribution in [-0.2, 0) is 14.3 Å². The number of carbonyl (C=O) groups excluding carboxylic acids is 1. The fraction of sp³-hybridized carbons (Fsp3) is 0.889. The van der Waals surface area contributed by atoms with Gasteiger partial charge in [-0.05, 0) is 31.6 Å². The molecule has 2 aliphatic heterocycles. The third-order valence-electron chi connectivity index (χ3n) is 6.78. The summed E-state index contributed by atoms with van der Waals surface area (Å²) in [5.74, 6) is -0.288. The maximum atomic E-state index is 12.9. The molecule has 4 atom stereocenters. The standard InChI is InChI=1S/C18H28N2O4.ClH/c21-16(20-8-9-24-15-6-2-1-5-14(15)20)11-19-10-13-4-3-7-18(13,12-19)17(22)23;/h13-15H,1-12H2,(H,22,23);1H/t13-,14?,15?,18+;/m0./s1. The van der Waals surface area contributed by atoms with Crippen LogP contribution in [0.5, 0.6) is 0 Å². The molecule has 2 saturated carbocycles. The summed E-state index contributed by atoms with van der Waals surface area (Å²) in [6.07, 6.45) is 7.42. The Morgan fingerprint density at radius 3 is 2.72 bits per heavy atom. The minimum atomic E-state index is -0.668. The highest BCUT2D eigenvalue weighted by Gasteiger charge is 2.55. The first-order valence-electron chi connectivity index (χ1n) is 9.47. The van der Waals surface area contributed by atoms with Gasteiger partial charge in [-0.3, -0.25) is 14.5 Å². The molecule has 0 bridgehead atoms. The lowest BCUT2D eigenvalue weighted by atomic mass is 9.81. The Morgan fingerprint density at radius 1 is 1.16 bits per heavy atom. The molecule has 4 rings (SSSR count). The predicted molar refractivity (Wildman–Crippen MR) is 94.8 cm³/mol. The fourth-order valence-corrected chi connectivity index (χ4v) is 5.55. The smallest absolute Gasteiger partial charge is 0.311 e. The number of aliphatic carboxylic acids is 1. The normalized spacial score (nSPS) is 37.9. The maximum Gasteiger partial charge on any atom is 0.311 e. The van der Waals surface area contributed by atoms with Gasteiger partial charge in [-0.25, -0.2) is 0 Å². The van der Waals surface area contributed by atoms with Crippen LogP contribution in [0.3, 0.4) is 0 Å². The van der Waals surface area contributed by atoms with Gasteiger partial charge in [-0.2, -0.15) is 0 Å². The summed E-state index contributed by atoms with van der Waals surface area (Å²) in [6, 6.07) is 0.232. The molecule has 1 amide bonds. The molecule has 2 aliphatic carbocycles. The second-order valence-electron chi connectivity index (χ2n) is 8.07. The zero-order valence-electron chi connectivity index (χ0n) is 14.7. The van der Waals surface area contributed by atoms with E-state index in [9.17, 15) is 14.7 Å². The van der Waals surface area contributed by atoms with Gasteiger partial charge in [-0.15, -0.1) is 12.4 Å². The van der Waals surface area contributed by atoms with Crippen molar-refractivity contribution in [3.63, 3.8) is 0 Å². The fourth-order valence-electron chi connectivity index (χ4n) is 5.55. The molecule has 0 aromatic heterocycles. The number of hydrogen-bond donors (Lipinski definition) is 1. The average molecular weight is 373 g/mol. The highest BCUT2D eigenvalue weighted by molar-refractivity contribution is 5.85. The van der Waals surface area contributed by atoms with E-state index in [1.165, 1.54) is 12.8 Å². The number of carbonyl (C=O) groups is 2. The molecule has 0 spiro atoms. The Hall–Kier alpha value is -0.850. The summed E-state index contributed by atoms with van der Waals surface area (Å²) >= 11 is 0. The number of rotatable bonds is 3. The van der Waals surface area contributed by atoms with Crippen molar-refractivity contribution in [1.29, 1.82) is 0 Å². The van der Waals surface area contributed by atoms with Gasteiger partial charge in [0, 0.05) is 19.6 Å². The summed E-state index contributed by atoms with van der Waals surface area (Å²) in [4.78, 5) is 28.8. The zero-order chi connectivity index (χ0) is 16.7. The predicted octanol–water partition coefficient (Wildman–Crippen LogP) is 1.76. The Bertz CT molecular complexity index is 529. The van der Waals surface area contributed by atoms with E-state index in [0.717, 1.165) is 38.6 Å². The Balaban J connectivity index is 0.00000182. The van der Waals surface area contributed by atoms with Gasteiger partial charge < -0.3 is 14.7 Å². The van der Waals surface area contributed by atoms with Crippen molar-refractivity contribution in [1.82, 2.24) is 9.80 Å². The first kappa shape index (κ1) is 18.9. The van der Waals surface area contributed by atoms with Gasteiger partial charge in [0.1, 0.15) is 0 Å². The highest BCUT2D eigenvalue weighted by Crippen LogP contribution is 2.48. The Morgan fingerprint density at radius 2 is 1.96 bits per heavy atom. The van der Waals surface area contributed by atoms with E-state index in [2.05, 4.69) is 4.90 Å². The first-order chi connectivity index (χ1) is 11.6. The Labute approximate surface area is 155 Å². The molecule has 0 radical (unpaired) electrons. The molecule has 4 aliphatic rings. The lowest BCUT2D eigenvalue weighted by Gasteiger charge is -2.44. The number of nitrogens with zero attached hydrogens (tertiary/aromatic N) is 2. The van der Waals surface area contributed by atoms with E-state index in [1.807, 2.05) is 4.90 Å². The number of ether oxygens (including phenoxy) is 1. The quantitative estimate of drug-likeness (QED) is 0.817. The van der Waals surface area contributed by atoms with Crippen LogP contribution in [-0.4, -0.2) is 71.7 Å². The molecule has 2 heterocycles. The van der Waals surface area contributed by atoms with Crippen molar-refractivity contribution in [3.8, 4) is 0 Å². The minimum absolute atomic E-state index is 0. The summed E-state index contributed by atoms with van der Waals surface area (Å²) in [6.45, 7) is 2.98. The van der Waals surface area contributed by atoms with Crippen LogP contribution in [0.25, 0.3) is 0 Å². The minimum Gasteiger partial charge on any atom is -0.481 e. The van der Waals surface area contributed by atoms with Gasteiger partial charge >= 0.3 is 5.97 Å². The lowest BCUT2D eigenvalue weighted by molar-refractivity contribution is -0.152. The number of likely N-dealkylation sites (tertiary alicyclic amines) is 1. The first-order valence-corrected chi connectivity index (χ1v) is 9.47. The largest absolute Gasteiger partial charge is 0.481 e. The molecule has 0 aromatic carbocycles. The van der Waals surface area contributed by atoms with Gasteiger partial charge in [-0.1, -0.05) is 19.3 Å². The van der Waals surface area contributed by atoms with Crippen LogP contribution >= 0.6 is 12.4 Å². The van der Waals surface area contributed by atoms with Crippen LogP contribution in [0.1, 0.15) is 44.9 Å². The molecule has 142 valence electrons. The van der Waals surface area contributed by atoms with E-state index in [-0.39, 0.29) is 36.4 Å². The summed E-state index contributed by atoms with van der Waals surface area (Å²) in [5.41, 5.74) is -0.599. The van der Waals surface area contributed by atoms with E-state index in [0.29, 0.717) is 26.2 Å². The SMILES string of the molecule is Cl.O=C(CN1C[C@@H]2CCC[C@@]2(C(=O)O)C1)N1CCOC2CCCCC21. The summed E-state index contributed by atoms with van der Waals surface area (Å²) in [5, 5.41) is 9.69. The lowest BCUT2D eigenvalue weighted by Crippen LogP contribution is -2.56. The average Bonchev–Trinajstić information content (AvgIpc) is 3.12. The summed E-state index contributed by atoms with van der Waals surface area (Å²) < 4.78 is 5.86. The molecule has 7 heteroatoms. The third-order valence-corrected chi connectivity index (χ3v) is 6.78. The van der Waals surface area contributed by atoms with Crippen LogP contribution in [0.2, 0.25) is 0 Å². The number of carboxylic acid groups (broad SMARTS) is 1. The van der Waals surface area contributed by atoms with E-state index >= 15 is 0 Å². The van der Waals surface area contributed by atoms with E-state index in [4.69, 9.17) is 4.74 Å². The van der Waals surface area contributed by atoms with Crippen molar-refractivity contribution in [3.05, 3.63) is 0 Å². The number of morpholine rings is 1. The molecule has 1 N–H and O–H groups in total. The zero-order valence-corrected chi connectivity index (χ0v) is 15.5. The second-order valence-corrected chi connectivity index (χ2v) is 8.07. The number of hydrogen-bond acceptors (Lipinski definition) is 4. The molecule has 4 fully saturated rings. The molecule has 0 aromatic rings. The van der Waals surface area contributed by atoms with Crippen molar-refractivity contribution < 1.29 is 19.4 Å². The van der Waals surface area contributed by atoms with Crippen molar-refractivity contribution in [2.45, 2.75) is 57.1 Å². The second kappa shape index (κ2) is 7.41. The van der Waals surface area contributed by atoms with Crippen LogP contribution in [0.4, 0.5) is 0 Å². The van der Waals surface area contributed by atoms with Crippen molar-refractivity contribution in [2.24, 2.45) is 11.3 Å². The molecule has 2 unspecified atom stereocenters. The number of carboxylic acids is 1. The molecule has 25 heavy (non-hydrogen) atoms. The van der Waals surface area contributed by atoms with Crippen LogP contribution in [0.15, 0.2) is 0 Å². The highest BCUT2D eigenvalue weighted by atomic mass is 35.5. The van der Waals surface area contributed by atoms with Gasteiger partial charge in [0.2, 0.25) is 5.91 Å². The molecular weight excluding hydrogens is 344 g/mol. The van der Waals surface area contributed by atoms with Crippen LogP contribution < -0.4 is 0 Å². The van der Waals surface area contributed by atoms with E-state index in [1.54, 1.807) is 0 Å². The third kappa shape index (κ3) is 3.28. The monoisotopic (exact) mass is 372 g/mol. The maximum absolute atomic E-state index is 12.9. The van der Waals surface area contributed by atoms with Crippen molar-refractivity contribution >= 4 is 24.3 Å². The summed E-state index contributed by atoms with van der Waals surface area (Å²) in [7, 11) is 0. The molecular formula is C18H29ClN2O4. The van der Waals surface area contributed by atoms with Gasteiger partial charge in [0.25, 0.3) is 0 Å². The van der Waals surface area contributed by atoms with Crippen molar-refractivity contribution in [2.75, 3.05) is 32.8 Å². The van der Waals surface area contributed by atoms with E-state index < -0.39 is 11.4 Å². The van der Waals surface area contributed by atoms with Crippen LogP contribution in [0, 0.1) is 11.3 Å². The number of amides is 1. The molecule has 6 nitrogen and oxygen atoms in total. The Kier molecular flexibility index (Phi) is 5.61. The van der Waals surface area contributed by atoms with Gasteiger partial charge in [0.05, 0.1) is 30.7 Å². The van der Waals surface area contributed by atoms with Gasteiger partial charge in [0.15, 0.2) is 0 Å². The topological polar surface area (TPSA) is 70.1 Å². The number of halogens is 1.